The highest BCUT2D eigenvalue weighted by Crippen LogP contribution is 2.29. The Morgan fingerprint density at radius 3 is 2.06 bits per heavy atom. The van der Waals surface area contributed by atoms with Gasteiger partial charge in [-0.05, 0) is 110 Å². The Morgan fingerprint density at radius 1 is 0.794 bits per heavy atom. The molecule has 0 saturated heterocycles. The molecule has 34 heavy (non-hydrogen) atoms. The molecule has 0 aliphatic heterocycles. The van der Waals surface area contributed by atoms with E-state index >= 15 is 0 Å². The van der Waals surface area contributed by atoms with Gasteiger partial charge in [-0.3, -0.25) is 4.79 Å². The maximum atomic E-state index is 10.6. The number of rotatable bonds is 13. The zero-order valence-electron chi connectivity index (χ0n) is 20.5. The Bertz CT molecular complexity index is 1060. The summed E-state index contributed by atoms with van der Waals surface area (Å²) in [5, 5.41) is 9.56. The summed E-state index contributed by atoms with van der Waals surface area (Å²) in [7, 11) is 0. The Labute approximate surface area is 210 Å². The van der Waals surface area contributed by atoms with Gasteiger partial charge >= 0.3 is 5.97 Å². The van der Waals surface area contributed by atoms with Crippen LogP contribution in [0.25, 0.3) is 0 Å². The molecule has 0 spiro atoms. The van der Waals surface area contributed by atoms with E-state index in [0.717, 1.165) is 43.5 Å². The van der Waals surface area contributed by atoms with Crippen molar-refractivity contribution in [2.75, 3.05) is 0 Å². The largest absolute Gasteiger partial charge is 0.481 e. The first kappa shape index (κ1) is 26.0. The molecule has 2 nitrogen and oxygen atoms in total. The van der Waals surface area contributed by atoms with E-state index < -0.39 is 5.97 Å². The molecule has 0 fully saturated rings. The monoisotopic (exact) mass is 476 g/mol. The number of hydrogen-bond acceptors (Lipinski definition) is 1. The lowest BCUT2D eigenvalue weighted by Crippen LogP contribution is -2.04. The summed E-state index contributed by atoms with van der Waals surface area (Å²) in [5.74, 6) is -0.240. The summed E-state index contributed by atoms with van der Waals surface area (Å²) in [5.41, 5.74) is 8.10. The second-order valence-electron chi connectivity index (χ2n) is 9.54. The van der Waals surface area contributed by atoms with Crippen LogP contribution in [0.15, 0.2) is 66.7 Å². The van der Waals surface area contributed by atoms with Crippen LogP contribution in [0.4, 0.5) is 0 Å². The number of aryl methyl sites for hydroxylation is 4. The molecule has 0 heterocycles. The molecule has 0 bridgehead atoms. The summed E-state index contributed by atoms with van der Waals surface area (Å²) < 4.78 is 0. The number of carboxylic acids is 1. The molecule has 3 aromatic rings. The molecule has 0 aromatic heterocycles. The SMILES string of the molecule is Cc1ccc(CC(CCCCc2ccc(CCCCC(=O)O)cc2)c2cccc(Cl)c2)cc1C. The summed E-state index contributed by atoms with van der Waals surface area (Å²) in [6.07, 6.45) is 8.51. The van der Waals surface area contributed by atoms with Gasteiger partial charge in [0, 0.05) is 11.4 Å². The summed E-state index contributed by atoms with van der Waals surface area (Å²) >= 11 is 6.32. The third-order valence-corrected chi connectivity index (χ3v) is 7.01. The fourth-order valence-electron chi connectivity index (χ4n) is 4.56. The second kappa shape index (κ2) is 13.3. The first-order chi connectivity index (χ1) is 16.4. The first-order valence-electron chi connectivity index (χ1n) is 12.5. The number of carboxylic acid groups (broad SMARTS) is 1. The molecule has 0 amide bonds. The van der Waals surface area contributed by atoms with Gasteiger partial charge in [0.1, 0.15) is 0 Å². The Morgan fingerprint density at radius 2 is 1.44 bits per heavy atom. The fraction of sp³-hybridized carbons (Fsp3) is 0.387. The number of benzene rings is 3. The van der Waals surface area contributed by atoms with E-state index in [2.05, 4.69) is 74.5 Å². The first-order valence-corrected chi connectivity index (χ1v) is 12.9. The summed E-state index contributed by atoms with van der Waals surface area (Å²) in [6, 6.07) is 24.0. The van der Waals surface area contributed by atoms with Gasteiger partial charge in [0.05, 0.1) is 0 Å². The molecule has 1 N–H and O–H groups in total. The molecule has 0 radical (unpaired) electrons. The molecule has 3 rings (SSSR count). The Balaban J connectivity index is 1.52. The number of unbranched alkanes of at least 4 members (excludes halogenated alkanes) is 2. The molecule has 3 aromatic carbocycles. The van der Waals surface area contributed by atoms with Crippen LogP contribution in [0.5, 0.6) is 0 Å². The number of halogens is 1. The third-order valence-electron chi connectivity index (χ3n) is 6.77. The average Bonchev–Trinajstić information content (AvgIpc) is 2.82. The normalized spacial score (nSPS) is 12.0. The molecular weight excluding hydrogens is 440 g/mol. The van der Waals surface area contributed by atoms with Crippen molar-refractivity contribution >= 4 is 17.6 Å². The van der Waals surface area contributed by atoms with Crippen LogP contribution >= 0.6 is 11.6 Å². The molecule has 3 heteroatoms. The molecular formula is C31H37ClO2. The van der Waals surface area contributed by atoms with Gasteiger partial charge in [-0.1, -0.05) is 72.6 Å². The van der Waals surface area contributed by atoms with E-state index in [1.54, 1.807) is 0 Å². The molecule has 0 aliphatic carbocycles. The Hall–Kier alpha value is -2.58. The van der Waals surface area contributed by atoms with Crippen molar-refractivity contribution in [2.45, 2.75) is 77.6 Å². The van der Waals surface area contributed by atoms with E-state index in [-0.39, 0.29) is 6.42 Å². The molecule has 1 atom stereocenters. The van der Waals surface area contributed by atoms with E-state index in [0.29, 0.717) is 5.92 Å². The molecule has 0 aliphatic rings. The van der Waals surface area contributed by atoms with Gasteiger partial charge in [-0.2, -0.15) is 0 Å². The number of hydrogen-bond donors (Lipinski definition) is 1. The van der Waals surface area contributed by atoms with Crippen LogP contribution < -0.4 is 0 Å². The minimum Gasteiger partial charge on any atom is -0.481 e. The lowest BCUT2D eigenvalue weighted by Gasteiger charge is -2.19. The summed E-state index contributed by atoms with van der Waals surface area (Å²) in [6.45, 7) is 4.36. The van der Waals surface area contributed by atoms with Gasteiger partial charge in [0.2, 0.25) is 0 Å². The van der Waals surface area contributed by atoms with Crippen LogP contribution in [0.1, 0.15) is 77.8 Å². The highest BCUT2D eigenvalue weighted by Gasteiger charge is 2.14. The highest BCUT2D eigenvalue weighted by atomic mass is 35.5. The summed E-state index contributed by atoms with van der Waals surface area (Å²) in [4.78, 5) is 10.6. The van der Waals surface area contributed by atoms with Crippen LogP contribution in [0, 0.1) is 13.8 Å². The second-order valence-corrected chi connectivity index (χ2v) is 9.97. The zero-order valence-corrected chi connectivity index (χ0v) is 21.3. The van der Waals surface area contributed by atoms with Gasteiger partial charge < -0.3 is 5.11 Å². The molecule has 0 saturated carbocycles. The van der Waals surface area contributed by atoms with E-state index in [9.17, 15) is 4.79 Å². The predicted molar refractivity (Wildman–Crippen MR) is 143 cm³/mol. The average molecular weight is 477 g/mol. The van der Waals surface area contributed by atoms with Gasteiger partial charge in [0.15, 0.2) is 0 Å². The Kier molecular flexibility index (Phi) is 10.2. The zero-order chi connectivity index (χ0) is 24.3. The lowest BCUT2D eigenvalue weighted by molar-refractivity contribution is -0.137. The quantitative estimate of drug-likeness (QED) is 0.251. The van der Waals surface area contributed by atoms with Crippen LogP contribution in [0.3, 0.4) is 0 Å². The van der Waals surface area contributed by atoms with Crippen LogP contribution in [0.2, 0.25) is 5.02 Å². The van der Waals surface area contributed by atoms with Crippen molar-refractivity contribution < 1.29 is 9.90 Å². The number of carbonyl (C=O) groups is 1. The number of aliphatic carboxylic acids is 1. The van der Waals surface area contributed by atoms with E-state index in [1.165, 1.54) is 46.2 Å². The van der Waals surface area contributed by atoms with Crippen molar-refractivity contribution in [3.63, 3.8) is 0 Å². The van der Waals surface area contributed by atoms with Crippen molar-refractivity contribution in [2.24, 2.45) is 0 Å². The predicted octanol–water partition coefficient (Wildman–Crippen LogP) is 8.49. The van der Waals surface area contributed by atoms with Crippen molar-refractivity contribution in [3.8, 4) is 0 Å². The topological polar surface area (TPSA) is 37.3 Å². The van der Waals surface area contributed by atoms with Crippen molar-refractivity contribution in [3.05, 3.63) is 105 Å². The maximum absolute atomic E-state index is 10.6. The lowest BCUT2D eigenvalue weighted by atomic mass is 9.86. The minimum atomic E-state index is -0.707. The van der Waals surface area contributed by atoms with Gasteiger partial charge in [-0.25, -0.2) is 0 Å². The maximum Gasteiger partial charge on any atom is 0.303 e. The van der Waals surface area contributed by atoms with Gasteiger partial charge in [0.25, 0.3) is 0 Å². The standard InChI is InChI=1S/C31H37ClO2/c1-23-14-15-27(20-24(23)2)21-28(29-11-7-12-30(32)22-29)10-5-3-8-25-16-18-26(19-17-25)9-4-6-13-31(33)34/h7,11-12,14-20,22,28H,3-6,8-10,13,21H2,1-2H3,(H,33,34). The van der Waals surface area contributed by atoms with E-state index in [1.807, 2.05) is 6.07 Å². The van der Waals surface area contributed by atoms with Crippen molar-refractivity contribution in [1.29, 1.82) is 0 Å². The minimum absolute atomic E-state index is 0.262. The van der Waals surface area contributed by atoms with E-state index in [4.69, 9.17) is 16.7 Å². The molecule has 180 valence electrons. The van der Waals surface area contributed by atoms with Crippen LogP contribution in [-0.2, 0) is 24.1 Å². The van der Waals surface area contributed by atoms with Crippen LogP contribution in [-0.4, -0.2) is 11.1 Å². The van der Waals surface area contributed by atoms with Gasteiger partial charge in [-0.15, -0.1) is 0 Å². The molecule has 1 unspecified atom stereocenters. The third kappa shape index (κ3) is 8.65. The van der Waals surface area contributed by atoms with Crippen molar-refractivity contribution in [1.82, 2.24) is 0 Å². The highest BCUT2D eigenvalue weighted by molar-refractivity contribution is 6.30. The fourth-order valence-corrected chi connectivity index (χ4v) is 4.76. The smallest absolute Gasteiger partial charge is 0.303 e.